The van der Waals surface area contributed by atoms with Gasteiger partial charge in [-0.3, -0.25) is 4.68 Å². The number of ether oxygens (including phenoxy) is 2. The molecule has 0 bridgehead atoms. The summed E-state index contributed by atoms with van der Waals surface area (Å²) in [6.45, 7) is 8.52. The van der Waals surface area contributed by atoms with Gasteiger partial charge in [-0.05, 0) is 30.4 Å². The van der Waals surface area contributed by atoms with Crippen molar-refractivity contribution in [2.75, 3.05) is 50.7 Å². The van der Waals surface area contributed by atoms with Crippen LogP contribution in [-0.2, 0) is 17.8 Å². The van der Waals surface area contributed by atoms with Crippen LogP contribution >= 0.6 is 0 Å². The number of aromatic nitrogens is 4. The maximum Gasteiger partial charge on any atom is 0.222 e. The highest BCUT2D eigenvalue weighted by atomic mass is 16.5. The first-order chi connectivity index (χ1) is 17.5. The number of nitrogen functional groups attached to an aromatic ring is 1. The number of hydrogen-bond acceptors (Lipinski definition) is 9. The summed E-state index contributed by atoms with van der Waals surface area (Å²) in [6, 6.07) is 6.66. The number of aliphatic hydroxyl groups excluding tert-OH is 1. The van der Waals surface area contributed by atoms with Gasteiger partial charge in [0, 0.05) is 37.8 Å². The van der Waals surface area contributed by atoms with E-state index in [-0.39, 0.29) is 12.6 Å². The average molecular weight is 498 g/mol. The minimum absolute atomic E-state index is 0.0288. The van der Waals surface area contributed by atoms with Gasteiger partial charge in [-0.15, -0.1) is 0 Å². The molecule has 4 rings (SSSR count). The molecule has 4 N–H and O–H groups in total. The first-order valence-electron chi connectivity index (χ1n) is 12.8. The highest BCUT2D eigenvalue weighted by molar-refractivity contribution is 5.86. The van der Waals surface area contributed by atoms with Gasteiger partial charge in [-0.2, -0.15) is 10.1 Å². The Labute approximate surface area is 212 Å². The smallest absolute Gasteiger partial charge is 0.222 e. The number of hydrogen-bond donors (Lipinski definition) is 3. The first-order valence-corrected chi connectivity index (χ1v) is 12.8. The SMILES string of the molecule is CCCCN(CCO)c1nc(N)nc2cn(Cc3ccc(CNC4COCC(C)C4)cc3OC)nc12. The van der Waals surface area contributed by atoms with Crippen LogP contribution in [0.2, 0.25) is 0 Å². The van der Waals surface area contributed by atoms with E-state index >= 15 is 0 Å². The monoisotopic (exact) mass is 497 g/mol. The molecule has 10 heteroatoms. The largest absolute Gasteiger partial charge is 0.496 e. The standard InChI is InChI=1S/C26H39N7O3/c1-4-5-8-32(9-10-34)25-24-22(29-26(27)30-25)15-33(31-24)14-20-7-6-19(12-23(20)35-3)13-28-21-11-18(2)16-36-17-21/h6-7,12,15,18,21,28,34H,4-5,8-11,13-14,16-17H2,1-3H3,(H2,27,29). The number of benzene rings is 1. The van der Waals surface area contributed by atoms with E-state index < -0.39 is 0 Å². The number of rotatable bonds is 12. The number of fused-ring (bicyclic) bond motifs is 1. The van der Waals surface area contributed by atoms with Crippen LogP contribution in [0, 0.1) is 5.92 Å². The first kappa shape index (κ1) is 26.1. The lowest BCUT2D eigenvalue weighted by atomic mass is 10.0. The average Bonchev–Trinajstić information content (AvgIpc) is 3.27. The molecule has 0 spiro atoms. The molecule has 2 atom stereocenters. The summed E-state index contributed by atoms with van der Waals surface area (Å²) in [4.78, 5) is 10.9. The Hall–Kier alpha value is -2.95. The van der Waals surface area contributed by atoms with Gasteiger partial charge in [0.1, 0.15) is 11.3 Å². The van der Waals surface area contributed by atoms with E-state index in [2.05, 4.69) is 47.3 Å². The highest BCUT2D eigenvalue weighted by Crippen LogP contribution is 2.26. The van der Waals surface area contributed by atoms with Crippen molar-refractivity contribution in [1.29, 1.82) is 0 Å². The van der Waals surface area contributed by atoms with E-state index in [0.29, 0.717) is 41.9 Å². The molecule has 196 valence electrons. The normalized spacial score (nSPS) is 18.0. The van der Waals surface area contributed by atoms with Crippen molar-refractivity contribution in [1.82, 2.24) is 25.1 Å². The van der Waals surface area contributed by atoms with Gasteiger partial charge in [0.15, 0.2) is 11.3 Å². The number of nitrogens with one attached hydrogen (secondary N) is 1. The Balaban J connectivity index is 1.52. The number of unbranched alkanes of at least 4 members (excludes halogenated alkanes) is 1. The van der Waals surface area contributed by atoms with Crippen LogP contribution in [0.25, 0.3) is 11.0 Å². The molecule has 1 aliphatic heterocycles. The Morgan fingerprint density at radius 2 is 2.14 bits per heavy atom. The fourth-order valence-corrected chi connectivity index (χ4v) is 4.70. The maximum absolute atomic E-state index is 9.58. The minimum Gasteiger partial charge on any atom is -0.496 e. The molecular weight excluding hydrogens is 458 g/mol. The Bertz CT molecular complexity index is 1140. The molecule has 1 aromatic carbocycles. The van der Waals surface area contributed by atoms with Crippen molar-refractivity contribution in [2.45, 2.75) is 52.2 Å². The molecular formula is C26H39N7O3. The number of anilines is 2. The predicted molar refractivity (Wildman–Crippen MR) is 141 cm³/mol. The zero-order valence-corrected chi connectivity index (χ0v) is 21.6. The minimum atomic E-state index is 0.0288. The van der Waals surface area contributed by atoms with E-state index in [0.717, 1.165) is 62.4 Å². The van der Waals surface area contributed by atoms with E-state index in [1.54, 1.807) is 7.11 Å². The molecule has 1 aliphatic rings. The molecule has 0 saturated carbocycles. The van der Waals surface area contributed by atoms with E-state index in [4.69, 9.17) is 20.3 Å². The number of methoxy groups -OCH3 is 1. The number of nitrogens with zero attached hydrogens (tertiary/aromatic N) is 5. The molecule has 1 fully saturated rings. The topological polar surface area (TPSA) is 124 Å². The van der Waals surface area contributed by atoms with Crippen LogP contribution in [0.3, 0.4) is 0 Å². The summed E-state index contributed by atoms with van der Waals surface area (Å²) in [5, 5.41) is 18.0. The predicted octanol–water partition coefficient (Wildman–Crippen LogP) is 2.58. The van der Waals surface area contributed by atoms with Crippen molar-refractivity contribution in [2.24, 2.45) is 5.92 Å². The summed E-state index contributed by atoms with van der Waals surface area (Å²) in [6.07, 6.45) is 5.04. The molecule has 0 aliphatic carbocycles. The van der Waals surface area contributed by atoms with Gasteiger partial charge in [0.2, 0.25) is 5.95 Å². The summed E-state index contributed by atoms with van der Waals surface area (Å²) in [5.74, 6) is 2.26. The number of aliphatic hydroxyl groups is 1. The van der Waals surface area contributed by atoms with E-state index in [1.807, 2.05) is 15.8 Å². The van der Waals surface area contributed by atoms with E-state index in [1.165, 1.54) is 0 Å². The Morgan fingerprint density at radius 3 is 2.89 bits per heavy atom. The molecule has 1 saturated heterocycles. The van der Waals surface area contributed by atoms with Crippen LogP contribution in [0.5, 0.6) is 5.75 Å². The quantitative estimate of drug-likeness (QED) is 0.346. The van der Waals surface area contributed by atoms with Crippen LogP contribution in [0.4, 0.5) is 11.8 Å². The van der Waals surface area contributed by atoms with Crippen LogP contribution in [0.15, 0.2) is 24.4 Å². The summed E-state index contributed by atoms with van der Waals surface area (Å²) >= 11 is 0. The second-order valence-electron chi connectivity index (χ2n) is 9.63. The third kappa shape index (κ3) is 6.43. The zero-order chi connectivity index (χ0) is 25.5. The van der Waals surface area contributed by atoms with Gasteiger partial charge < -0.3 is 30.5 Å². The van der Waals surface area contributed by atoms with Gasteiger partial charge in [-0.25, -0.2) is 4.98 Å². The van der Waals surface area contributed by atoms with E-state index in [9.17, 15) is 5.11 Å². The maximum atomic E-state index is 9.58. The van der Waals surface area contributed by atoms with Gasteiger partial charge in [0.25, 0.3) is 0 Å². The molecule has 10 nitrogen and oxygen atoms in total. The molecule has 0 radical (unpaired) electrons. The fourth-order valence-electron chi connectivity index (χ4n) is 4.70. The van der Waals surface area contributed by atoms with Crippen molar-refractivity contribution < 1.29 is 14.6 Å². The van der Waals surface area contributed by atoms with Crippen molar-refractivity contribution >= 4 is 22.8 Å². The third-order valence-electron chi connectivity index (χ3n) is 6.55. The highest BCUT2D eigenvalue weighted by Gasteiger charge is 2.20. The molecule has 3 heterocycles. The lowest BCUT2D eigenvalue weighted by Crippen LogP contribution is -2.39. The molecule has 2 unspecified atom stereocenters. The fraction of sp³-hybridized carbons (Fsp3) is 0.577. The molecule has 0 amide bonds. The molecule has 3 aromatic rings. The Morgan fingerprint density at radius 1 is 1.28 bits per heavy atom. The number of nitrogens with two attached hydrogens (primary N) is 1. The van der Waals surface area contributed by atoms with Gasteiger partial charge in [-0.1, -0.05) is 32.4 Å². The Kier molecular flexibility index (Phi) is 8.95. The second kappa shape index (κ2) is 12.3. The van der Waals surface area contributed by atoms with Gasteiger partial charge >= 0.3 is 0 Å². The lowest BCUT2D eigenvalue weighted by Gasteiger charge is -2.28. The summed E-state index contributed by atoms with van der Waals surface area (Å²) < 4.78 is 13.2. The molecule has 36 heavy (non-hydrogen) atoms. The molecule has 2 aromatic heterocycles. The van der Waals surface area contributed by atoms with Gasteiger partial charge in [0.05, 0.1) is 33.1 Å². The zero-order valence-electron chi connectivity index (χ0n) is 21.6. The van der Waals surface area contributed by atoms with Crippen molar-refractivity contribution in [3.8, 4) is 5.75 Å². The van der Waals surface area contributed by atoms with Crippen molar-refractivity contribution in [3.63, 3.8) is 0 Å². The van der Waals surface area contributed by atoms with Crippen LogP contribution in [0.1, 0.15) is 44.2 Å². The lowest BCUT2D eigenvalue weighted by molar-refractivity contribution is 0.0364. The van der Waals surface area contributed by atoms with Crippen LogP contribution in [-0.4, -0.2) is 70.9 Å². The summed E-state index contributed by atoms with van der Waals surface area (Å²) in [7, 11) is 1.69. The third-order valence-corrected chi connectivity index (χ3v) is 6.55. The van der Waals surface area contributed by atoms with Crippen molar-refractivity contribution in [3.05, 3.63) is 35.5 Å². The second-order valence-corrected chi connectivity index (χ2v) is 9.63. The van der Waals surface area contributed by atoms with Crippen LogP contribution < -0.4 is 20.7 Å². The summed E-state index contributed by atoms with van der Waals surface area (Å²) in [5.41, 5.74) is 9.56.